The van der Waals surface area contributed by atoms with Crippen molar-refractivity contribution in [3.63, 3.8) is 0 Å². The van der Waals surface area contributed by atoms with E-state index in [-0.39, 0.29) is 5.91 Å². The molecule has 4 nitrogen and oxygen atoms in total. The Morgan fingerprint density at radius 1 is 1.37 bits per heavy atom. The van der Waals surface area contributed by atoms with Gasteiger partial charge in [-0.3, -0.25) is 4.79 Å². The lowest BCUT2D eigenvalue weighted by Gasteiger charge is -2.20. The van der Waals surface area contributed by atoms with Crippen molar-refractivity contribution in [3.8, 4) is 6.07 Å². The summed E-state index contributed by atoms with van der Waals surface area (Å²) in [6.07, 6.45) is 0. The minimum absolute atomic E-state index is 0.174. The SMILES string of the molecule is CN(C(=O)C(N)c1cccs1)c1ccc(C#N)cc1. The van der Waals surface area contributed by atoms with Gasteiger partial charge in [-0.1, -0.05) is 6.07 Å². The predicted molar refractivity (Wildman–Crippen MR) is 75.8 cm³/mol. The van der Waals surface area contributed by atoms with E-state index in [1.165, 1.54) is 16.2 Å². The number of carbonyl (C=O) groups excluding carboxylic acids is 1. The van der Waals surface area contributed by atoms with Gasteiger partial charge in [0.2, 0.25) is 5.91 Å². The number of nitrogens with zero attached hydrogens (tertiary/aromatic N) is 2. The minimum Gasteiger partial charge on any atom is -0.316 e. The quantitative estimate of drug-likeness (QED) is 0.931. The van der Waals surface area contributed by atoms with E-state index >= 15 is 0 Å². The second-order valence-corrected chi connectivity index (χ2v) is 5.03. The first-order valence-electron chi connectivity index (χ1n) is 5.70. The molecule has 0 fully saturated rings. The molecule has 5 heteroatoms. The second-order valence-electron chi connectivity index (χ2n) is 4.05. The number of hydrogen-bond donors (Lipinski definition) is 1. The fraction of sp³-hybridized carbons (Fsp3) is 0.143. The highest BCUT2D eigenvalue weighted by molar-refractivity contribution is 7.10. The van der Waals surface area contributed by atoms with Crippen LogP contribution >= 0.6 is 11.3 Å². The Morgan fingerprint density at radius 3 is 2.58 bits per heavy atom. The molecule has 1 unspecified atom stereocenters. The average Bonchev–Trinajstić information content (AvgIpc) is 2.99. The number of rotatable bonds is 3. The van der Waals surface area contributed by atoms with Crippen molar-refractivity contribution in [2.45, 2.75) is 6.04 Å². The lowest BCUT2D eigenvalue weighted by molar-refractivity contribution is -0.119. The molecule has 2 N–H and O–H groups in total. The molecule has 1 heterocycles. The lowest BCUT2D eigenvalue weighted by atomic mass is 10.2. The second kappa shape index (κ2) is 5.65. The largest absolute Gasteiger partial charge is 0.316 e. The molecule has 2 aromatic rings. The van der Waals surface area contributed by atoms with Crippen LogP contribution in [0, 0.1) is 11.3 Å². The third kappa shape index (κ3) is 2.81. The maximum absolute atomic E-state index is 12.2. The Labute approximate surface area is 115 Å². The van der Waals surface area contributed by atoms with Gasteiger partial charge in [0.15, 0.2) is 0 Å². The minimum atomic E-state index is -0.652. The Balaban J connectivity index is 2.16. The molecule has 1 aromatic heterocycles. The Hall–Kier alpha value is -2.16. The molecule has 19 heavy (non-hydrogen) atoms. The van der Waals surface area contributed by atoms with Crippen LogP contribution in [0.4, 0.5) is 5.69 Å². The normalized spacial score (nSPS) is 11.6. The summed E-state index contributed by atoms with van der Waals surface area (Å²) in [4.78, 5) is 14.6. The van der Waals surface area contributed by atoms with Crippen LogP contribution in [0.1, 0.15) is 16.5 Å². The number of nitrogens with two attached hydrogens (primary N) is 1. The van der Waals surface area contributed by atoms with Crippen LogP contribution in [0.5, 0.6) is 0 Å². The van der Waals surface area contributed by atoms with Gasteiger partial charge in [-0.25, -0.2) is 0 Å². The van der Waals surface area contributed by atoms with Crippen molar-refractivity contribution in [1.29, 1.82) is 5.26 Å². The first kappa shape index (κ1) is 13.3. The average molecular weight is 271 g/mol. The standard InChI is InChI=1S/C14H13N3OS/c1-17(11-6-4-10(9-15)5-7-11)14(18)13(16)12-3-2-8-19-12/h2-8,13H,16H2,1H3. The summed E-state index contributed by atoms with van der Waals surface area (Å²) in [6, 6.07) is 11.9. The summed E-state index contributed by atoms with van der Waals surface area (Å²) >= 11 is 1.46. The summed E-state index contributed by atoms with van der Waals surface area (Å²) < 4.78 is 0. The first-order valence-corrected chi connectivity index (χ1v) is 6.58. The van der Waals surface area contributed by atoms with Gasteiger partial charge in [0, 0.05) is 17.6 Å². The van der Waals surface area contributed by atoms with Gasteiger partial charge in [-0.15, -0.1) is 11.3 Å². The van der Waals surface area contributed by atoms with Crippen LogP contribution in [0.3, 0.4) is 0 Å². The van der Waals surface area contributed by atoms with E-state index in [0.717, 1.165) is 10.6 Å². The van der Waals surface area contributed by atoms with Gasteiger partial charge in [-0.2, -0.15) is 5.26 Å². The topological polar surface area (TPSA) is 70.1 Å². The number of carbonyl (C=O) groups is 1. The van der Waals surface area contributed by atoms with Crippen LogP contribution in [-0.4, -0.2) is 13.0 Å². The number of thiophene rings is 1. The molecule has 96 valence electrons. The van der Waals surface area contributed by atoms with E-state index in [9.17, 15) is 4.79 Å². The molecule has 0 aliphatic carbocycles. The van der Waals surface area contributed by atoms with Crippen LogP contribution < -0.4 is 10.6 Å². The zero-order chi connectivity index (χ0) is 13.8. The summed E-state index contributed by atoms with van der Waals surface area (Å²) in [5, 5.41) is 10.6. The molecule has 0 saturated carbocycles. The van der Waals surface area contributed by atoms with Gasteiger partial charge < -0.3 is 10.6 Å². The maximum Gasteiger partial charge on any atom is 0.249 e. The van der Waals surface area contributed by atoms with Crippen molar-refractivity contribution >= 4 is 22.9 Å². The molecule has 1 atom stereocenters. The van der Waals surface area contributed by atoms with E-state index in [1.807, 2.05) is 23.6 Å². The number of benzene rings is 1. The molecule has 0 radical (unpaired) electrons. The van der Waals surface area contributed by atoms with Crippen molar-refractivity contribution in [2.75, 3.05) is 11.9 Å². The lowest BCUT2D eigenvalue weighted by Crippen LogP contribution is -2.35. The molecule has 1 amide bonds. The third-order valence-corrected chi connectivity index (χ3v) is 3.79. The van der Waals surface area contributed by atoms with Crippen molar-refractivity contribution < 1.29 is 4.79 Å². The fourth-order valence-electron chi connectivity index (χ4n) is 1.69. The van der Waals surface area contributed by atoms with Crippen molar-refractivity contribution in [1.82, 2.24) is 0 Å². The third-order valence-electron chi connectivity index (χ3n) is 2.83. The fourth-order valence-corrected chi connectivity index (χ4v) is 2.40. The van der Waals surface area contributed by atoms with Crippen molar-refractivity contribution in [3.05, 3.63) is 52.2 Å². The van der Waals surface area contributed by atoms with Crippen LogP contribution in [-0.2, 0) is 4.79 Å². The van der Waals surface area contributed by atoms with Crippen LogP contribution in [0.25, 0.3) is 0 Å². The van der Waals surface area contributed by atoms with Gasteiger partial charge in [0.1, 0.15) is 6.04 Å². The highest BCUT2D eigenvalue weighted by atomic mass is 32.1. The van der Waals surface area contributed by atoms with Gasteiger partial charge in [0.25, 0.3) is 0 Å². The first-order chi connectivity index (χ1) is 9.13. The zero-order valence-corrected chi connectivity index (χ0v) is 11.2. The monoisotopic (exact) mass is 271 g/mol. The van der Waals surface area contributed by atoms with Crippen molar-refractivity contribution in [2.24, 2.45) is 5.73 Å². The Morgan fingerprint density at radius 2 is 2.05 bits per heavy atom. The molecule has 0 bridgehead atoms. The highest BCUT2D eigenvalue weighted by Gasteiger charge is 2.21. The van der Waals surface area contributed by atoms with E-state index in [4.69, 9.17) is 11.0 Å². The predicted octanol–water partition coefficient (Wildman–Crippen LogP) is 2.28. The highest BCUT2D eigenvalue weighted by Crippen LogP contribution is 2.21. The Kier molecular flexibility index (Phi) is 3.95. The summed E-state index contributed by atoms with van der Waals surface area (Å²) in [5.74, 6) is -0.174. The van der Waals surface area contributed by atoms with Gasteiger partial charge in [-0.05, 0) is 35.7 Å². The zero-order valence-electron chi connectivity index (χ0n) is 10.4. The van der Waals surface area contributed by atoms with Crippen LogP contribution in [0.15, 0.2) is 41.8 Å². The maximum atomic E-state index is 12.2. The molecule has 0 saturated heterocycles. The van der Waals surface area contributed by atoms with E-state index in [0.29, 0.717) is 5.56 Å². The number of nitriles is 1. The molecule has 2 rings (SSSR count). The van der Waals surface area contributed by atoms with Crippen LogP contribution in [0.2, 0.25) is 0 Å². The van der Waals surface area contributed by atoms with Gasteiger partial charge in [0.05, 0.1) is 11.6 Å². The smallest absolute Gasteiger partial charge is 0.249 e. The number of likely N-dealkylation sites (N-methyl/N-ethyl adjacent to an activating group) is 1. The molecular weight excluding hydrogens is 258 g/mol. The van der Waals surface area contributed by atoms with E-state index < -0.39 is 6.04 Å². The molecule has 0 spiro atoms. The number of hydrogen-bond acceptors (Lipinski definition) is 4. The number of anilines is 1. The molecule has 0 aliphatic heterocycles. The summed E-state index contributed by atoms with van der Waals surface area (Å²) in [5.41, 5.74) is 7.22. The molecule has 1 aromatic carbocycles. The van der Waals surface area contributed by atoms with E-state index in [2.05, 4.69) is 0 Å². The van der Waals surface area contributed by atoms with E-state index in [1.54, 1.807) is 31.3 Å². The molecule has 0 aliphatic rings. The summed E-state index contributed by atoms with van der Waals surface area (Å²) in [7, 11) is 1.68. The summed E-state index contributed by atoms with van der Waals surface area (Å²) in [6.45, 7) is 0. The van der Waals surface area contributed by atoms with Gasteiger partial charge >= 0.3 is 0 Å². The Bertz CT molecular complexity index is 599. The number of amides is 1. The molecular formula is C14H13N3OS.